The molecule has 4 saturated carbocycles. The van der Waals surface area contributed by atoms with Crippen molar-refractivity contribution in [3.63, 3.8) is 0 Å². The second-order valence-electron chi connectivity index (χ2n) is 6.98. The Bertz CT molecular complexity index is 467. The fourth-order valence-corrected chi connectivity index (χ4v) is 8.04. The lowest BCUT2D eigenvalue weighted by Crippen LogP contribution is -2.46. The average molecular weight is 360 g/mol. The Kier molecular flexibility index (Phi) is 3.28. The molecule has 0 amide bonds. The van der Waals surface area contributed by atoms with Crippen molar-refractivity contribution < 1.29 is 0 Å². The maximum atomic E-state index is 6.95. The lowest BCUT2D eigenvalue weighted by molar-refractivity contribution is -0.0378. The van der Waals surface area contributed by atoms with Crippen LogP contribution in [0.3, 0.4) is 0 Å². The molecule has 3 heteroatoms. The second-order valence-corrected chi connectivity index (χ2v) is 9.59. The summed E-state index contributed by atoms with van der Waals surface area (Å²) in [6, 6.07) is 2.23. The third-order valence-electron chi connectivity index (χ3n) is 5.72. The predicted octanol–water partition coefficient (Wildman–Crippen LogP) is 6.17. The molecule has 4 bridgehead atoms. The van der Waals surface area contributed by atoms with Crippen LogP contribution in [0, 0.1) is 36.5 Å². The fourth-order valence-electron chi connectivity index (χ4n) is 5.31. The molecule has 19 heavy (non-hydrogen) atoms. The van der Waals surface area contributed by atoms with Crippen LogP contribution in [-0.2, 0) is 0 Å². The minimum Gasteiger partial charge on any atom is -0.143 e. The summed E-state index contributed by atoms with van der Waals surface area (Å²) in [4.78, 5) is 2.76. The molecular weight excluding hydrogens is 340 g/mol. The molecule has 5 rings (SSSR count). The van der Waals surface area contributed by atoms with Crippen molar-refractivity contribution in [1.82, 2.24) is 0 Å². The van der Waals surface area contributed by atoms with Crippen LogP contribution in [0.5, 0.6) is 0 Å². The van der Waals surface area contributed by atoms with Gasteiger partial charge in [-0.25, -0.2) is 0 Å². The summed E-state index contributed by atoms with van der Waals surface area (Å²) in [5, 5.41) is 0.239. The number of hydrogen-bond acceptors (Lipinski definition) is 1. The molecule has 0 N–H and O–H groups in total. The predicted molar refractivity (Wildman–Crippen MR) is 85.9 cm³/mol. The molecule has 0 aromatic carbocycles. The van der Waals surface area contributed by atoms with Gasteiger partial charge in [0.15, 0.2) is 0 Å². The van der Waals surface area contributed by atoms with Crippen LogP contribution in [0.4, 0.5) is 0 Å². The van der Waals surface area contributed by atoms with Gasteiger partial charge in [-0.15, -0.1) is 22.9 Å². The molecule has 0 saturated heterocycles. The topological polar surface area (TPSA) is 0 Å². The highest BCUT2D eigenvalue weighted by atomic mass is 79.9. The van der Waals surface area contributed by atoms with Gasteiger partial charge in [0, 0.05) is 14.2 Å². The van der Waals surface area contributed by atoms with Crippen LogP contribution in [0.15, 0.2) is 10.5 Å². The number of aryl methyl sites for hydroxylation is 1. The molecule has 4 fully saturated rings. The van der Waals surface area contributed by atoms with E-state index in [0.29, 0.717) is 0 Å². The smallest absolute Gasteiger partial charge is 0.0723 e. The SMILES string of the molecule is Cc1cc(Br)c(C(Cl)C2C3CC4CC(C3)CC2C4)s1. The van der Waals surface area contributed by atoms with E-state index in [2.05, 4.69) is 28.9 Å². The Morgan fingerprint density at radius 1 is 1.16 bits per heavy atom. The normalized spacial score (nSPS) is 41.7. The lowest BCUT2D eigenvalue weighted by Gasteiger charge is -2.55. The molecule has 104 valence electrons. The number of rotatable bonds is 2. The van der Waals surface area contributed by atoms with Gasteiger partial charge in [0.05, 0.1) is 5.38 Å². The van der Waals surface area contributed by atoms with E-state index >= 15 is 0 Å². The van der Waals surface area contributed by atoms with Gasteiger partial charge in [0.2, 0.25) is 0 Å². The standard InChI is InChI=1S/C16H20BrClS/c1-8-2-13(17)16(19-8)15(18)14-11-4-9-3-10(6-11)7-12(14)5-9/h2,9-12,14-15H,3-7H2,1H3. The van der Waals surface area contributed by atoms with E-state index in [-0.39, 0.29) is 5.38 Å². The molecule has 4 aliphatic carbocycles. The Morgan fingerprint density at radius 3 is 2.21 bits per heavy atom. The van der Waals surface area contributed by atoms with E-state index < -0.39 is 0 Å². The lowest BCUT2D eigenvalue weighted by atomic mass is 9.51. The molecule has 0 spiro atoms. The number of hydrogen-bond donors (Lipinski definition) is 0. The summed E-state index contributed by atoms with van der Waals surface area (Å²) < 4.78 is 1.24. The summed E-state index contributed by atoms with van der Waals surface area (Å²) in [5.41, 5.74) is 0. The Hall–Kier alpha value is 0.470. The maximum absolute atomic E-state index is 6.95. The summed E-state index contributed by atoms with van der Waals surface area (Å²) in [7, 11) is 0. The summed E-state index contributed by atoms with van der Waals surface area (Å²) in [5.74, 6) is 4.64. The zero-order valence-corrected chi connectivity index (χ0v) is 14.4. The van der Waals surface area contributed by atoms with E-state index in [9.17, 15) is 0 Å². The van der Waals surface area contributed by atoms with Crippen LogP contribution < -0.4 is 0 Å². The first-order valence-electron chi connectivity index (χ1n) is 7.51. The van der Waals surface area contributed by atoms with Crippen LogP contribution in [-0.4, -0.2) is 0 Å². The van der Waals surface area contributed by atoms with Crippen molar-refractivity contribution in [1.29, 1.82) is 0 Å². The number of thiophene rings is 1. The van der Waals surface area contributed by atoms with E-state index in [1.165, 1.54) is 46.3 Å². The average Bonchev–Trinajstić information content (AvgIpc) is 2.66. The van der Waals surface area contributed by atoms with E-state index in [1.807, 2.05) is 11.3 Å². The van der Waals surface area contributed by atoms with Gasteiger partial charge in [0.1, 0.15) is 0 Å². The minimum atomic E-state index is 0.239. The molecule has 0 aliphatic heterocycles. The molecular formula is C16H20BrClS. The molecule has 1 aromatic rings. The monoisotopic (exact) mass is 358 g/mol. The van der Waals surface area contributed by atoms with Crippen molar-refractivity contribution in [3.05, 3.63) is 20.3 Å². The van der Waals surface area contributed by atoms with Crippen molar-refractivity contribution in [2.75, 3.05) is 0 Å². The van der Waals surface area contributed by atoms with Gasteiger partial charge >= 0.3 is 0 Å². The minimum absolute atomic E-state index is 0.239. The van der Waals surface area contributed by atoms with E-state index in [0.717, 1.165) is 29.6 Å². The third kappa shape index (κ3) is 2.13. The first kappa shape index (κ1) is 13.2. The van der Waals surface area contributed by atoms with Crippen LogP contribution >= 0.6 is 38.9 Å². The highest BCUT2D eigenvalue weighted by Crippen LogP contribution is 2.61. The van der Waals surface area contributed by atoms with Crippen molar-refractivity contribution in [3.8, 4) is 0 Å². The third-order valence-corrected chi connectivity index (χ3v) is 8.42. The van der Waals surface area contributed by atoms with Crippen molar-refractivity contribution in [2.45, 2.75) is 44.4 Å². The summed E-state index contributed by atoms with van der Waals surface area (Å²) in [6.45, 7) is 2.18. The van der Waals surface area contributed by atoms with Gasteiger partial charge in [-0.1, -0.05) is 0 Å². The largest absolute Gasteiger partial charge is 0.143 e. The summed E-state index contributed by atoms with van der Waals surface area (Å²) in [6.07, 6.45) is 7.37. The highest BCUT2D eigenvalue weighted by molar-refractivity contribution is 9.10. The Labute approximate surface area is 133 Å². The molecule has 0 radical (unpaired) electrons. The first-order valence-corrected chi connectivity index (χ1v) is 9.56. The van der Waals surface area contributed by atoms with Crippen molar-refractivity contribution >= 4 is 38.9 Å². The maximum Gasteiger partial charge on any atom is 0.0723 e. The molecule has 1 heterocycles. The zero-order chi connectivity index (χ0) is 13.1. The van der Waals surface area contributed by atoms with Gasteiger partial charge < -0.3 is 0 Å². The Balaban J connectivity index is 1.63. The first-order chi connectivity index (χ1) is 9.11. The van der Waals surface area contributed by atoms with E-state index in [4.69, 9.17) is 11.6 Å². The van der Waals surface area contributed by atoms with E-state index in [1.54, 1.807) is 0 Å². The van der Waals surface area contributed by atoms with Crippen LogP contribution in [0.2, 0.25) is 0 Å². The molecule has 1 atom stereocenters. The van der Waals surface area contributed by atoms with Gasteiger partial charge in [-0.3, -0.25) is 0 Å². The van der Waals surface area contributed by atoms with Gasteiger partial charge in [-0.2, -0.15) is 0 Å². The zero-order valence-electron chi connectivity index (χ0n) is 11.2. The van der Waals surface area contributed by atoms with Crippen LogP contribution in [0.25, 0.3) is 0 Å². The van der Waals surface area contributed by atoms with Crippen molar-refractivity contribution in [2.24, 2.45) is 29.6 Å². The number of halogens is 2. The van der Waals surface area contributed by atoms with Gasteiger partial charge in [-0.05, 0) is 90.6 Å². The highest BCUT2D eigenvalue weighted by Gasteiger charge is 2.50. The van der Waals surface area contributed by atoms with Crippen LogP contribution in [0.1, 0.15) is 47.2 Å². The fraction of sp³-hybridized carbons (Fsp3) is 0.750. The second kappa shape index (κ2) is 4.74. The number of alkyl halides is 1. The molecule has 4 aliphatic rings. The molecule has 0 nitrogen and oxygen atoms in total. The molecule has 1 aromatic heterocycles. The molecule has 1 unspecified atom stereocenters. The van der Waals surface area contributed by atoms with Gasteiger partial charge in [0.25, 0.3) is 0 Å². The Morgan fingerprint density at radius 2 is 1.74 bits per heavy atom. The quantitative estimate of drug-likeness (QED) is 0.554. The summed E-state index contributed by atoms with van der Waals surface area (Å²) >= 11 is 12.5.